The summed E-state index contributed by atoms with van der Waals surface area (Å²) in [5.41, 5.74) is 1.92. The number of aliphatic hydroxyl groups excluding tert-OH is 1. The Bertz CT molecular complexity index is 604. The zero-order valence-corrected chi connectivity index (χ0v) is 12.3. The first-order valence-electron chi connectivity index (χ1n) is 7.34. The largest absolute Gasteiger partial charge is 0.491 e. The zero-order valence-electron chi connectivity index (χ0n) is 12.3. The first-order chi connectivity index (χ1) is 10.1. The molecule has 0 saturated heterocycles. The van der Waals surface area contributed by atoms with E-state index in [1.807, 2.05) is 62.4 Å². The lowest BCUT2D eigenvalue weighted by Gasteiger charge is -2.30. The van der Waals surface area contributed by atoms with Gasteiger partial charge in [-0.3, -0.25) is 0 Å². The molecule has 0 amide bonds. The molecule has 2 atom stereocenters. The van der Waals surface area contributed by atoms with E-state index >= 15 is 0 Å². The van der Waals surface area contributed by atoms with Gasteiger partial charge < -0.3 is 14.6 Å². The Kier molecular flexibility index (Phi) is 3.84. The molecule has 1 aliphatic heterocycles. The van der Waals surface area contributed by atoms with Crippen molar-refractivity contribution in [1.82, 2.24) is 0 Å². The van der Waals surface area contributed by atoms with Gasteiger partial charge in [-0.05, 0) is 37.6 Å². The van der Waals surface area contributed by atoms with Crippen molar-refractivity contribution in [2.75, 3.05) is 0 Å². The van der Waals surface area contributed by atoms with Crippen LogP contribution < -0.4 is 9.47 Å². The van der Waals surface area contributed by atoms with E-state index in [1.165, 1.54) is 0 Å². The van der Waals surface area contributed by atoms with Crippen LogP contribution in [-0.4, -0.2) is 11.2 Å². The van der Waals surface area contributed by atoms with Gasteiger partial charge in [0.1, 0.15) is 17.6 Å². The van der Waals surface area contributed by atoms with Crippen LogP contribution in [0, 0.1) is 0 Å². The molecule has 3 heteroatoms. The number of para-hydroxylation sites is 1. The topological polar surface area (TPSA) is 38.7 Å². The summed E-state index contributed by atoms with van der Waals surface area (Å²) in [7, 11) is 0. The van der Waals surface area contributed by atoms with E-state index < -0.39 is 6.10 Å². The molecule has 0 bridgehead atoms. The van der Waals surface area contributed by atoms with Crippen LogP contribution in [0.15, 0.2) is 48.5 Å². The van der Waals surface area contributed by atoms with E-state index in [0.717, 1.165) is 22.6 Å². The number of hydrogen-bond donors (Lipinski definition) is 1. The maximum Gasteiger partial charge on any atom is 0.127 e. The van der Waals surface area contributed by atoms with Crippen LogP contribution in [0.5, 0.6) is 11.5 Å². The van der Waals surface area contributed by atoms with Crippen LogP contribution >= 0.6 is 0 Å². The second-order valence-corrected chi connectivity index (χ2v) is 5.63. The van der Waals surface area contributed by atoms with Crippen LogP contribution in [-0.2, 0) is 0 Å². The van der Waals surface area contributed by atoms with Gasteiger partial charge in [0.25, 0.3) is 0 Å². The fourth-order valence-electron chi connectivity index (χ4n) is 2.63. The average molecular weight is 284 g/mol. The summed E-state index contributed by atoms with van der Waals surface area (Å²) in [6, 6.07) is 15.6. The molecule has 1 unspecified atom stereocenters. The van der Waals surface area contributed by atoms with E-state index in [-0.39, 0.29) is 12.2 Å². The molecule has 0 aromatic heterocycles. The molecule has 1 heterocycles. The zero-order chi connectivity index (χ0) is 14.8. The van der Waals surface area contributed by atoms with Crippen LogP contribution in [0.4, 0.5) is 0 Å². The van der Waals surface area contributed by atoms with Gasteiger partial charge in [-0.15, -0.1) is 0 Å². The van der Waals surface area contributed by atoms with Crippen molar-refractivity contribution in [2.45, 2.75) is 38.6 Å². The van der Waals surface area contributed by atoms with Crippen LogP contribution in [0.25, 0.3) is 0 Å². The Labute approximate surface area is 125 Å². The molecule has 0 spiro atoms. The summed E-state index contributed by atoms with van der Waals surface area (Å²) < 4.78 is 11.7. The fourth-order valence-corrected chi connectivity index (χ4v) is 2.63. The van der Waals surface area contributed by atoms with E-state index in [2.05, 4.69) is 0 Å². The smallest absolute Gasteiger partial charge is 0.127 e. The van der Waals surface area contributed by atoms with E-state index in [0.29, 0.717) is 6.42 Å². The monoisotopic (exact) mass is 284 g/mol. The quantitative estimate of drug-likeness (QED) is 0.924. The third kappa shape index (κ3) is 3.03. The Balaban J connectivity index is 1.79. The predicted octanol–water partition coefficient (Wildman–Crippen LogP) is 4.03. The van der Waals surface area contributed by atoms with Gasteiger partial charge in [0.05, 0.1) is 12.2 Å². The van der Waals surface area contributed by atoms with Gasteiger partial charge in [-0.1, -0.05) is 30.3 Å². The van der Waals surface area contributed by atoms with Crippen molar-refractivity contribution in [2.24, 2.45) is 0 Å². The van der Waals surface area contributed by atoms with Crippen molar-refractivity contribution < 1.29 is 14.6 Å². The Morgan fingerprint density at radius 2 is 1.81 bits per heavy atom. The van der Waals surface area contributed by atoms with Crippen LogP contribution in [0.1, 0.15) is 43.6 Å². The lowest BCUT2D eigenvalue weighted by molar-refractivity contribution is 0.0657. The minimum absolute atomic E-state index is 0.122. The predicted molar refractivity (Wildman–Crippen MR) is 81.6 cm³/mol. The molecular weight excluding hydrogens is 264 g/mol. The Morgan fingerprint density at radius 3 is 2.52 bits per heavy atom. The van der Waals surface area contributed by atoms with Gasteiger partial charge in [-0.25, -0.2) is 0 Å². The first kappa shape index (κ1) is 14.0. The maximum absolute atomic E-state index is 10.3. The molecular formula is C18H20O3. The van der Waals surface area contributed by atoms with E-state index in [1.54, 1.807) is 0 Å². The number of ether oxygens (including phenoxy) is 2. The summed E-state index contributed by atoms with van der Waals surface area (Å²) in [5.74, 6) is 1.62. The van der Waals surface area contributed by atoms with E-state index in [4.69, 9.17) is 9.47 Å². The van der Waals surface area contributed by atoms with Gasteiger partial charge in [0, 0.05) is 12.0 Å². The number of hydrogen-bond acceptors (Lipinski definition) is 3. The molecule has 110 valence electrons. The van der Waals surface area contributed by atoms with Gasteiger partial charge in [0.2, 0.25) is 0 Å². The molecule has 21 heavy (non-hydrogen) atoms. The molecule has 1 aliphatic rings. The van der Waals surface area contributed by atoms with Gasteiger partial charge >= 0.3 is 0 Å². The summed E-state index contributed by atoms with van der Waals surface area (Å²) in [5, 5.41) is 10.3. The highest BCUT2D eigenvalue weighted by Crippen LogP contribution is 2.40. The first-order valence-corrected chi connectivity index (χ1v) is 7.34. The summed E-state index contributed by atoms with van der Waals surface area (Å²) in [6.45, 7) is 4.01. The molecule has 0 radical (unpaired) electrons. The highest BCUT2D eigenvalue weighted by atomic mass is 16.5. The highest BCUT2D eigenvalue weighted by molar-refractivity contribution is 5.39. The van der Waals surface area contributed by atoms with Crippen LogP contribution in [0.3, 0.4) is 0 Å². The Hall–Kier alpha value is -2.00. The van der Waals surface area contributed by atoms with Crippen molar-refractivity contribution in [1.29, 1.82) is 0 Å². The molecule has 0 aliphatic carbocycles. The van der Waals surface area contributed by atoms with Crippen molar-refractivity contribution in [3.05, 3.63) is 59.7 Å². The Morgan fingerprint density at radius 1 is 1.10 bits per heavy atom. The maximum atomic E-state index is 10.3. The molecule has 2 aromatic rings. The number of rotatable bonds is 3. The number of aliphatic hydroxyl groups is 1. The van der Waals surface area contributed by atoms with Gasteiger partial charge in [-0.2, -0.15) is 0 Å². The second-order valence-electron chi connectivity index (χ2n) is 5.63. The molecule has 2 aromatic carbocycles. The van der Waals surface area contributed by atoms with Crippen molar-refractivity contribution in [3.63, 3.8) is 0 Å². The summed E-state index contributed by atoms with van der Waals surface area (Å²) in [4.78, 5) is 0. The van der Waals surface area contributed by atoms with Crippen molar-refractivity contribution >= 4 is 0 Å². The standard InChI is InChI=1S/C18H20O3/c1-12(2)20-14-9-7-13(8-10-14)18-11-16(19)15-5-3-4-6-17(15)21-18/h3-10,12,16,18-19H,11H2,1-2H3/t16-,18?/m1/s1. The molecule has 3 rings (SSSR count). The van der Waals surface area contributed by atoms with Crippen molar-refractivity contribution in [3.8, 4) is 11.5 Å². The second kappa shape index (κ2) is 5.78. The molecule has 0 fully saturated rings. The lowest BCUT2D eigenvalue weighted by Crippen LogP contribution is -2.18. The number of fused-ring (bicyclic) bond motifs is 1. The third-order valence-corrected chi connectivity index (χ3v) is 3.61. The minimum atomic E-state index is -0.480. The third-order valence-electron chi connectivity index (χ3n) is 3.61. The average Bonchev–Trinajstić information content (AvgIpc) is 2.47. The summed E-state index contributed by atoms with van der Waals surface area (Å²) >= 11 is 0. The SMILES string of the molecule is CC(C)Oc1ccc(C2C[C@@H](O)c3ccccc3O2)cc1. The molecule has 3 nitrogen and oxygen atoms in total. The van der Waals surface area contributed by atoms with Crippen LogP contribution in [0.2, 0.25) is 0 Å². The summed E-state index contributed by atoms with van der Waals surface area (Å²) in [6.07, 6.45) is 0.131. The normalized spacial score (nSPS) is 20.8. The van der Waals surface area contributed by atoms with E-state index in [9.17, 15) is 5.11 Å². The van der Waals surface area contributed by atoms with Gasteiger partial charge in [0.15, 0.2) is 0 Å². The molecule has 1 N–H and O–H groups in total. The fraction of sp³-hybridized carbons (Fsp3) is 0.333. The highest BCUT2D eigenvalue weighted by Gasteiger charge is 2.27. The minimum Gasteiger partial charge on any atom is -0.491 e. The lowest BCUT2D eigenvalue weighted by atomic mass is 9.95. The molecule has 0 saturated carbocycles. The number of benzene rings is 2.